The maximum atomic E-state index is 12.0. The molecule has 20 heavy (non-hydrogen) atoms. The Bertz CT molecular complexity index is 646. The summed E-state index contributed by atoms with van der Waals surface area (Å²) in [7, 11) is 0. The van der Waals surface area contributed by atoms with E-state index in [0.717, 1.165) is 5.56 Å². The molecule has 0 saturated heterocycles. The number of para-hydroxylation sites is 1. The first-order valence-electron chi connectivity index (χ1n) is 6.13. The van der Waals surface area contributed by atoms with Crippen LogP contribution in [0, 0.1) is 6.92 Å². The second-order valence-electron chi connectivity index (χ2n) is 4.36. The molecule has 0 aromatic heterocycles. The van der Waals surface area contributed by atoms with Gasteiger partial charge in [-0.3, -0.25) is 4.79 Å². The first kappa shape index (κ1) is 13.8. The molecule has 0 heterocycles. The van der Waals surface area contributed by atoms with E-state index in [1.165, 1.54) is 12.1 Å². The lowest BCUT2D eigenvalue weighted by atomic mass is 10.1. The third-order valence-electron chi connectivity index (χ3n) is 2.88. The molecule has 0 atom stereocenters. The Balaban J connectivity index is 2.07. The Kier molecular flexibility index (Phi) is 4.15. The number of hydrogen-bond acceptors (Lipinski definition) is 3. The summed E-state index contributed by atoms with van der Waals surface area (Å²) in [6, 6.07) is 13.3. The van der Waals surface area contributed by atoms with E-state index in [-0.39, 0.29) is 18.0 Å². The van der Waals surface area contributed by atoms with E-state index < -0.39 is 5.97 Å². The van der Waals surface area contributed by atoms with Crippen LogP contribution in [0.1, 0.15) is 26.3 Å². The van der Waals surface area contributed by atoms with Crippen molar-refractivity contribution in [2.45, 2.75) is 6.92 Å². The van der Waals surface area contributed by atoms with Crippen molar-refractivity contribution in [2.24, 2.45) is 0 Å². The quantitative estimate of drug-likeness (QED) is 0.848. The van der Waals surface area contributed by atoms with E-state index in [4.69, 9.17) is 9.84 Å². The zero-order valence-corrected chi connectivity index (χ0v) is 11.0. The molecule has 4 heteroatoms. The SMILES string of the molecule is Cc1ccccc1OCC(=O)c1cccc(C(=O)O)c1. The van der Waals surface area contributed by atoms with Gasteiger partial charge in [0.1, 0.15) is 5.75 Å². The molecule has 0 saturated carbocycles. The van der Waals surface area contributed by atoms with Crippen molar-refractivity contribution in [1.29, 1.82) is 0 Å². The number of carbonyl (C=O) groups excluding carboxylic acids is 1. The number of aromatic carboxylic acids is 1. The van der Waals surface area contributed by atoms with Crippen LogP contribution < -0.4 is 4.74 Å². The molecule has 4 nitrogen and oxygen atoms in total. The normalized spacial score (nSPS) is 10.1. The molecule has 102 valence electrons. The first-order chi connectivity index (χ1) is 9.58. The van der Waals surface area contributed by atoms with Gasteiger partial charge in [0.15, 0.2) is 12.4 Å². The van der Waals surface area contributed by atoms with Crippen LogP contribution in [0.25, 0.3) is 0 Å². The van der Waals surface area contributed by atoms with Crippen LogP contribution in [0.5, 0.6) is 5.75 Å². The lowest BCUT2D eigenvalue weighted by Gasteiger charge is -2.08. The molecule has 1 N–H and O–H groups in total. The number of Topliss-reactive ketones (excluding diaryl/α,β-unsaturated/α-hetero) is 1. The lowest BCUT2D eigenvalue weighted by Crippen LogP contribution is -2.12. The molecule has 0 aliphatic rings. The monoisotopic (exact) mass is 270 g/mol. The lowest BCUT2D eigenvalue weighted by molar-refractivity contribution is 0.0697. The van der Waals surface area contributed by atoms with Crippen LogP contribution in [-0.2, 0) is 0 Å². The van der Waals surface area contributed by atoms with Gasteiger partial charge >= 0.3 is 5.97 Å². The zero-order chi connectivity index (χ0) is 14.5. The van der Waals surface area contributed by atoms with E-state index in [1.807, 2.05) is 25.1 Å². The molecule has 0 fully saturated rings. The summed E-state index contributed by atoms with van der Waals surface area (Å²) in [6.45, 7) is 1.78. The number of hydrogen-bond donors (Lipinski definition) is 1. The number of ether oxygens (including phenoxy) is 1. The number of carboxylic acids is 1. The van der Waals surface area contributed by atoms with Gasteiger partial charge in [-0.15, -0.1) is 0 Å². The van der Waals surface area contributed by atoms with Crippen LogP contribution in [0.2, 0.25) is 0 Å². The fourth-order valence-corrected chi connectivity index (χ4v) is 1.77. The maximum absolute atomic E-state index is 12.0. The highest BCUT2D eigenvalue weighted by atomic mass is 16.5. The molecule has 2 aromatic carbocycles. The number of benzene rings is 2. The average Bonchev–Trinajstić information content (AvgIpc) is 2.46. The van der Waals surface area contributed by atoms with Gasteiger partial charge < -0.3 is 9.84 Å². The summed E-state index contributed by atoms with van der Waals surface area (Å²) in [6.07, 6.45) is 0. The van der Waals surface area contributed by atoms with Crippen molar-refractivity contribution >= 4 is 11.8 Å². The molecule has 0 bridgehead atoms. The Hall–Kier alpha value is -2.62. The Labute approximate surface area is 116 Å². The van der Waals surface area contributed by atoms with Gasteiger partial charge in [-0.2, -0.15) is 0 Å². The van der Waals surface area contributed by atoms with E-state index in [2.05, 4.69) is 0 Å². The van der Waals surface area contributed by atoms with Crippen molar-refractivity contribution in [1.82, 2.24) is 0 Å². The summed E-state index contributed by atoms with van der Waals surface area (Å²) in [5.41, 5.74) is 1.37. The Morgan fingerprint density at radius 1 is 1.05 bits per heavy atom. The van der Waals surface area contributed by atoms with E-state index >= 15 is 0 Å². The third-order valence-corrected chi connectivity index (χ3v) is 2.88. The highest BCUT2D eigenvalue weighted by molar-refractivity contribution is 5.99. The highest BCUT2D eigenvalue weighted by Gasteiger charge is 2.10. The summed E-state index contributed by atoms with van der Waals surface area (Å²) < 4.78 is 5.46. The fraction of sp³-hybridized carbons (Fsp3) is 0.125. The van der Waals surface area contributed by atoms with Crippen molar-refractivity contribution in [2.75, 3.05) is 6.61 Å². The number of aryl methyl sites for hydroxylation is 1. The molecule has 0 amide bonds. The van der Waals surface area contributed by atoms with Crippen LogP contribution in [0.15, 0.2) is 48.5 Å². The fourth-order valence-electron chi connectivity index (χ4n) is 1.77. The summed E-state index contributed by atoms with van der Waals surface area (Å²) >= 11 is 0. The zero-order valence-electron chi connectivity index (χ0n) is 11.0. The molecule has 0 aliphatic heterocycles. The van der Waals surface area contributed by atoms with Gasteiger partial charge in [-0.25, -0.2) is 4.79 Å². The molecular weight excluding hydrogens is 256 g/mol. The largest absolute Gasteiger partial charge is 0.485 e. The van der Waals surface area contributed by atoms with Gasteiger partial charge in [-0.1, -0.05) is 30.3 Å². The molecule has 2 aromatic rings. The third kappa shape index (κ3) is 3.23. The molecule has 0 aliphatic carbocycles. The standard InChI is InChI=1S/C16H14O4/c1-11-5-2-3-8-15(11)20-10-14(17)12-6-4-7-13(9-12)16(18)19/h2-9H,10H2,1H3,(H,18,19). The van der Waals surface area contributed by atoms with Gasteiger partial charge in [-0.05, 0) is 30.7 Å². The topological polar surface area (TPSA) is 63.6 Å². The maximum Gasteiger partial charge on any atom is 0.335 e. The summed E-state index contributed by atoms with van der Waals surface area (Å²) in [5, 5.41) is 8.89. The van der Waals surface area contributed by atoms with Crippen molar-refractivity contribution in [3.63, 3.8) is 0 Å². The highest BCUT2D eigenvalue weighted by Crippen LogP contribution is 2.16. The molecular formula is C16H14O4. The second-order valence-corrected chi connectivity index (χ2v) is 4.36. The van der Waals surface area contributed by atoms with Crippen LogP contribution in [-0.4, -0.2) is 23.5 Å². The minimum atomic E-state index is -1.06. The van der Waals surface area contributed by atoms with Gasteiger partial charge in [0.25, 0.3) is 0 Å². The van der Waals surface area contributed by atoms with E-state index in [1.54, 1.807) is 18.2 Å². The molecule has 0 spiro atoms. The molecule has 2 rings (SSSR count). The first-order valence-corrected chi connectivity index (χ1v) is 6.13. The molecule has 0 unspecified atom stereocenters. The minimum Gasteiger partial charge on any atom is -0.485 e. The Morgan fingerprint density at radius 3 is 2.45 bits per heavy atom. The number of carboxylic acid groups (broad SMARTS) is 1. The van der Waals surface area contributed by atoms with Gasteiger partial charge in [0, 0.05) is 5.56 Å². The van der Waals surface area contributed by atoms with Crippen LogP contribution in [0.4, 0.5) is 0 Å². The van der Waals surface area contributed by atoms with E-state index in [9.17, 15) is 9.59 Å². The summed E-state index contributed by atoms with van der Waals surface area (Å²) in [5.74, 6) is -0.661. The van der Waals surface area contributed by atoms with E-state index in [0.29, 0.717) is 11.3 Å². The van der Waals surface area contributed by atoms with Gasteiger partial charge in [0.2, 0.25) is 0 Å². The number of ketones is 1. The number of rotatable bonds is 5. The minimum absolute atomic E-state index is 0.0896. The van der Waals surface area contributed by atoms with Crippen molar-refractivity contribution in [3.8, 4) is 5.75 Å². The van der Waals surface area contributed by atoms with Crippen molar-refractivity contribution in [3.05, 3.63) is 65.2 Å². The van der Waals surface area contributed by atoms with Gasteiger partial charge in [0.05, 0.1) is 5.56 Å². The van der Waals surface area contributed by atoms with Crippen LogP contribution in [0.3, 0.4) is 0 Å². The second kappa shape index (κ2) is 6.02. The predicted octanol–water partition coefficient (Wildman–Crippen LogP) is 2.95. The number of carbonyl (C=O) groups is 2. The smallest absolute Gasteiger partial charge is 0.335 e. The van der Waals surface area contributed by atoms with Crippen LogP contribution >= 0.6 is 0 Å². The molecule has 0 radical (unpaired) electrons. The summed E-state index contributed by atoms with van der Waals surface area (Å²) in [4.78, 5) is 22.8. The Morgan fingerprint density at radius 2 is 1.75 bits per heavy atom. The predicted molar refractivity (Wildman–Crippen MR) is 74.4 cm³/mol. The average molecular weight is 270 g/mol. The van der Waals surface area contributed by atoms with Crippen molar-refractivity contribution < 1.29 is 19.4 Å².